The normalized spacial score (nSPS) is 12.2. The zero-order valence-electron chi connectivity index (χ0n) is 11.0. The summed E-state index contributed by atoms with van der Waals surface area (Å²) in [6.07, 6.45) is 3.08. The fraction of sp³-hybridized carbons (Fsp3) is 0. The molecule has 0 atom stereocenters. The largest absolute Gasteiger partial charge is 0.399 e. The third-order valence-corrected chi connectivity index (χ3v) is 4.38. The lowest BCUT2D eigenvalue weighted by atomic mass is 10.2. The predicted octanol–water partition coefficient (Wildman–Crippen LogP) is 2.56. The smallest absolute Gasteiger partial charge is 0.282 e. The molecule has 0 spiro atoms. The van der Waals surface area contributed by atoms with Crippen LogP contribution in [0.25, 0.3) is 10.9 Å². The number of anilines is 1. The van der Waals surface area contributed by atoms with Crippen LogP contribution in [0.2, 0.25) is 0 Å². The van der Waals surface area contributed by atoms with Gasteiger partial charge in [-0.05, 0) is 30.3 Å². The van der Waals surface area contributed by atoms with Gasteiger partial charge in [0.05, 0.1) is 4.90 Å². The number of fused-ring (bicyclic) bond motifs is 1. The SMILES string of the molecule is Nc1ccc(S(=O)(=O)N=Cc2c[nH]c3ccccc23)cc1. The van der Waals surface area contributed by atoms with E-state index in [0.29, 0.717) is 5.69 Å². The van der Waals surface area contributed by atoms with Crippen LogP contribution in [0, 0.1) is 0 Å². The van der Waals surface area contributed by atoms with Crippen LogP contribution in [0.4, 0.5) is 5.69 Å². The third kappa shape index (κ3) is 2.66. The Balaban J connectivity index is 1.96. The average Bonchev–Trinajstić information content (AvgIpc) is 2.89. The van der Waals surface area contributed by atoms with E-state index in [0.717, 1.165) is 16.5 Å². The molecule has 21 heavy (non-hydrogen) atoms. The maximum Gasteiger partial charge on any atom is 0.282 e. The Morgan fingerprint density at radius 3 is 2.52 bits per heavy atom. The lowest BCUT2D eigenvalue weighted by Crippen LogP contribution is -1.98. The fourth-order valence-corrected chi connectivity index (χ4v) is 2.88. The molecule has 0 bridgehead atoms. The molecular weight excluding hydrogens is 286 g/mol. The van der Waals surface area contributed by atoms with Crippen molar-refractivity contribution in [3.8, 4) is 0 Å². The summed E-state index contributed by atoms with van der Waals surface area (Å²) in [6.45, 7) is 0. The molecule has 0 aliphatic carbocycles. The summed E-state index contributed by atoms with van der Waals surface area (Å²) in [5.41, 5.74) is 7.72. The monoisotopic (exact) mass is 299 g/mol. The Bertz CT molecular complexity index is 910. The van der Waals surface area contributed by atoms with Gasteiger partial charge in [-0.15, -0.1) is 0 Å². The number of hydrogen-bond acceptors (Lipinski definition) is 3. The summed E-state index contributed by atoms with van der Waals surface area (Å²) >= 11 is 0. The molecule has 0 fully saturated rings. The summed E-state index contributed by atoms with van der Waals surface area (Å²) in [4.78, 5) is 3.19. The van der Waals surface area contributed by atoms with Gasteiger partial charge in [0.15, 0.2) is 0 Å². The molecule has 0 aliphatic rings. The Morgan fingerprint density at radius 1 is 1.05 bits per heavy atom. The van der Waals surface area contributed by atoms with Crippen molar-refractivity contribution in [1.29, 1.82) is 0 Å². The van der Waals surface area contributed by atoms with Crippen molar-refractivity contribution >= 4 is 32.8 Å². The molecule has 0 saturated heterocycles. The van der Waals surface area contributed by atoms with E-state index in [-0.39, 0.29) is 4.90 Å². The number of nitrogens with two attached hydrogens (primary N) is 1. The lowest BCUT2D eigenvalue weighted by molar-refractivity contribution is 0.598. The van der Waals surface area contributed by atoms with Crippen LogP contribution in [0.5, 0.6) is 0 Å². The number of nitrogens with zero attached hydrogens (tertiary/aromatic N) is 1. The first-order valence-corrected chi connectivity index (χ1v) is 7.72. The van der Waals surface area contributed by atoms with Crippen molar-refractivity contribution in [3.05, 3.63) is 60.3 Å². The summed E-state index contributed by atoms with van der Waals surface area (Å²) in [7, 11) is -3.72. The number of nitrogens with one attached hydrogen (secondary N) is 1. The first-order chi connectivity index (χ1) is 10.1. The number of aromatic amines is 1. The quantitative estimate of drug-likeness (QED) is 0.575. The van der Waals surface area contributed by atoms with Crippen LogP contribution in [-0.4, -0.2) is 19.6 Å². The number of nitrogen functional groups attached to an aromatic ring is 1. The average molecular weight is 299 g/mol. The molecule has 5 nitrogen and oxygen atoms in total. The Hall–Kier alpha value is -2.60. The van der Waals surface area contributed by atoms with E-state index in [2.05, 4.69) is 9.38 Å². The summed E-state index contributed by atoms with van der Waals surface area (Å²) in [6, 6.07) is 13.6. The van der Waals surface area contributed by atoms with Gasteiger partial charge in [-0.3, -0.25) is 0 Å². The van der Waals surface area contributed by atoms with Gasteiger partial charge in [0.2, 0.25) is 0 Å². The van der Waals surface area contributed by atoms with Crippen LogP contribution >= 0.6 is 0 Å². The highest BCUT2D eigenvalue weighted by molar-refractivity contribution is 7.90. The number of aromatic nitrogens is 1. The molecule has 3 rings (SSSR count). The van der Waals surface area contributed by atoms with E-state index in [1.165, 1.54) is 30.5 Å². The second-order valence-electron chi connectivity index (χ2n) is 4.57. The van der Waals surface area contributed by atoms with E-state index >= 15 is 0 Å². The molecule has 1 aromatic heterocycles. The fourth-order valence-electron chi connectivity index (χ4n) is 2.03. The van der Waals surface area contributed by atoms with Crippen molar-refractivity contribution in [2.45, 2.75) is 4.90 Å². The second-order valence-corrected chi connectivity index (χ2v) is 6.20. The van der Waals surface area contributed by atoms with Crippen LogP contribution in [0.3, 0.4) is 0 Å². The minimum Gasteiger partial charge on any atom is -0.399 e. The molecule has 3 N–H and O–H groups in total. The van der Waals surface area contributed by atoms with E-state index in [9.17, 15) is 8.42 Å². The number of hydrogen-bond donors (Lipinski definition) is 2. The van der Waals surface area contributed by atoms with Crippen molar-refractivity contribution in [2.75, 3.05) is 5.73 Å². The number of sulfonamides is 1. The Kier molecular flexibility index (Phi) is 3.23. The maximum atomic E-state index is 12.1. The minimum absolute atomic E-state index is 0.118. The van der Waals surface area contributed by atoms with Crippen LogP contribution < -0.4 is 5.73 Å². The highest BCUT2D eigenvalue weighted by Crippen LogP contribution is 2.18. The summed E-state index contributed by atoms with van der Waals surface area (Å²) in [5.74, 6) is 0. The predicted molar refractivity (Wildman–Crippen MR) is 83.9 cm³/mol. The Labute approximate surface area is 122 Å². The number of rotatable bonds is 3. The molecule has 0 radical (unpaired) electrons. The third-order valence-electron chi connectivity index (χ3n) is 3.13. The highest BCUT2D eigenvalue weighted by atomic mass is 32.2. The minimum atomic E-state index is -3.72. The molecule has 1 heterocycles. The molecule has 106 valence electrons. The van der Waals surface area contributed by atoms with Gasteiger partial charge >= 0.3 is 0 Å². The van der Waals surface area contributed by atoms with E-state index in [1.54, 1.807) is 6.20 Å². The van der Waals surface area contributed by atoms with Crippen LogP contribution in [0.1, 0.15) is 5.56 Å². The van der Waals surface area contributed by atoms with Crippen LogP contribution in [-0.2, 0) is 10.0 Å². The van der Waals surface area contributed by atoms with Crippen molar-refractivity contribution in [1.82, 2.24) is 4.98 Å². The second kappa shape index (κ2) is 5.06. The molecule has 3 aromatic rings. The standard InChI is InChI=1S/C15H13N3O2S/c16-12-5-7-13(8-6-12)21(19,20)18-10-11-9-17-15-4-2-1-3-14(11)15/h1-10,17H,16H2. The molecule has 0 unspecified atom stereocenters. The zero-order valence-corrected chi connectivity index (χ0v) is 11.8. The van der Waals surface area contributed by atoms with Gasteiger partial charge in [0.1, 0.15) is 0 Å². The van der Waals surface area contributed by atoms with Gasteiger partial charge in [0.25, 0.3) is 10.0 Å². The van der Waals surface area contributed by atoms with Gasteiger partial charge < -0.3 is 10.7 Å². The molecule has 2 aromatic carbocycles. The van der Waals surface area contributed by atoms with Gasteiger partial charge in [-0.2, -0.15) is 12.8 Å². The number of para-hydroxylation sites is 1. The van der Waals surface area contributed by atoms with Crippen LogP contribution in [0.15, 0.2) is 64.0 Å². The first kappa shape index (κ1) is 13.4. The zero-order chi connectivity index (χ0) is 14.9. The number of benzene rings is 2. The van der Waals surface area contributed by atoms with Crippen molar-refractivity contribution < 1.29 is 8.42 Å². The van der Waals surface area contributed by atoms with Crippen molar-refractivity contribution in [2.24, 2.45) is 4.40 Å². The Morgan fingerprint density at radius 2 is 1.76 bits per heavy atom. The van der Waals surface area contributed by atoms with Gasteiger partial charge in [-0.25, -0.2) is 0 Å². The molecule has 0 aliphatic heterocycles. The highest BCUT2D eigenvalue weighted by Gasteiger charge is 2.11. The lowest BCUT2D eigenvalue weighted by Gasteiger charge is -1.99. The van der Waals surface area contributed by atoms with Crippen molar-refractivity contribution in [3.63, 3.8) is 0 Å². The summed E-state index contributed by atoms with van der Waals surface area (Å²) < 4.78 is 28.0. The molecule has 0 amide bonds. The maximum absolute atomic E-state index is 12.1. The molecule has 0 saturated carbocycles. The van der Waals surface area contributed by atoms with E-state index in [4.69, 9.17) is 5.73 Å². The molecular formula is C15H13N3O2S. The van der Waals surface area contributed by atoms with E-state index in [1.807, 2.05) is 24.3 Å². The first-order valence-electron chi connectivity index (χ1n) is 6.28. The summed E-state index contributed by atoms with van der Waals surface area (Å²) in [5, 5.41) is 0.925. The van der Waals surface area contributed by atoms with Gasteiger partial charge in [0, 0.05) is 34.6 Å². The topological polar surface area (TPSA) is 88.3 Å². The number of H-pyrrole nitrogens is 1. The molecule has 6 heteroatoms. The van der Waals surface area contributed by atoms with E-state index < -0.39 is 10.0 Å². The van der Waals surface area contributed by atoms with Gasteiger partial charge in [-0.1, -0.05) is 18.2 Å².